The molecule has 0 atom stereocenters. The van der Waals surface area contributed by atoms with Crippen LogP contribution in [0.5, 0.6) is 0 Å². The van der Waals surface area contributed by atoms with Gasteiger partial charge in [0.2, 0.25) is 11.8 Å². The topological polar surface area (TPSA) is 69.6 Å². The van der Waals surface area contributed by atoms with Crippen LogP contribution < -0.4 is 5.32 Å². The number of rotatable bonds is 8. The Morgan fingerprint density at radius 2 is 1.79 bits per heavy atom. The van der Waals surface area contributed by atoms with Gasteiger partial charge in [-0.1, -0.05) is 20.8 Å². The van der Waals surface area contributed by atoms with E-state index in [-0.39, 0.29) is 18.4 Å². The third kappa shape index (κ3) is 8.59. The summed E-state index contributed by atoms with van der Waals surface area (Å²) in [6, 6.07) is 0. The first-order valence-corrected chi connectivity index (χ1v) is 6.92. The van der Waals surface area contributed by atoms with Crippen molar-refractivity contribution in [2.75, 3.05) is 26.7 Å². The van der Waals surface area contributed by atoms with E-state index in [0.29, 0.717) is 19.5 Å². The summed E-state index contributed by atoms with van der Waals surface area (Å²) in [6.07, 6.45) is 2.94. The molecule has 0 radical (unpaired) electrons. The number of amides is 2. The second-order valence-corrected chi connectivity index (χ2v) is 5.86. The van der Waals surface area contributed by atoms with Crippen molar-refractivity contribution in [1.82, 2.24) is 10.2 Å². The Morgan fingerprint density at radius 1 is 1.16 bits per heavy atom. The van der Waals surface area contributed by atoms with Gasteiger partial charge in [0.25, 0.3) is 0 Å². The summed E-state index contributed by atoms with van der Waals surface area (Å²) in [7, 11) is 1.77. The van der Waals surface area contributed by atoms with Crippen LogP contribution in [-0.2, 0) is 9.59 Å². The standard InChI is InChI=1S/C14H28N2O3/c1-14(2,3)13(19)15-9-8-12(18)16(4)10-6-5-7-11-17/h17H,5-11H2,1-4H3,(H,15,19). The molecule has 5 heteroatoms. The number of aliphatic hydroxyl groups excluding tert-OH is 1. The van der Waals surface area contributed by atoms with Crippen molar-refractivity contribution in [3.8, 4) is 0 Å². The molecule has 0 saturated heterocycles. The van der Waals surface area contributed by atoms with Gasteiger partial charge in [-0.05, 0) is 19.3 Å². The molecule has 0 aromatic carbocycles. The predicted octanol–water partition coefficient (Wildman–Crippen LogP) is 1.16. The molecule has 0 aromatic rings. The minimum absolute atomic E-state index is 0.0362. The highest BCUT2D eigenvalue weighted by Gasteiger charge is 2.20. The number of nitrogens with one attached hydrogen (secondary N) is 1. The van der Waals surface area contributed by atoms with E-state index in [9.17, 15) is 9.59 Å². The number of unbranched alkanes of at least 4 members (excludes halogenated alkanes) is 2. The number of nitrogens with zero attached hydrogens (tertiary/aromatic N) is 1. The van der Waals surface area contributed by atoms with Crippen LogP contribution in [0.1, 0.15) is 46.5 Å². The number of aliphatic hydroxyl groups is 1. The van der Waals surface area contributed by atoms with E-state index >= 15 is 0 Å². The Hall–Kier alpha value is -1.10. The summed E-state index contributed by atoms with van der Waals surface area (Å²) in [5.41, 5.74) is -0.417. The zero-order chi connectivity index (χ0) is 14.9. The lowest BCUT2D eigenvalue weighted by Crippen LogP contribution is -2.37. The minimum Gasteiger partial charge on any atom is -0.396 e. The summed E-state index contributed by atoms with van der Waals surface area (Å²) in [5.74, 6) is 0.00380. The fourth-order valence-corrected chi connectivity index (χ4v) is 1.50. The molecular weight excluding hydrogens is 244 g/mol. The number of hydrogen-bond donors (Lipinski definition) is 2. The van der Waals surface area contributed by atoms with Crippen LogP contribution in [0.3, 0.4) is 0 Å². The average molecular weight is 272 g/mol. The van der Waals surface area contributed by atoms with Gasteiger partial charge in [-0.2, -0.15) is 0 Å². The Kier molecular flexibility index (Phi) is 8.39. The van der Waals surface area contributed by atoms with Crippen LogP contribution in [0, 0.1) is 5.41 Å². The van der Waals surface area contributed by atoms with Gasteiger partial charge in [-0.25, -0.2) is 0 Å². The molecule has 0 aliphatic rings. The molecule has 2 N–H and O–H groups in total. The minimum atomic E-state index is -0.417. The monoisotopic (exact) mass is 272 g/mol. The lowest BCUT2D eigenvalue weighted by Gasteiger charge is -2.19. The van der Waals surface area contributed by atoms with Crippen LogP contribution in [0.4, 0.5) is 0 Å². The van der Waals surface area contributed by atoms with Gasteiger partial charge in [0.05, 0.1) is 0 Å². The van der Waals surface area contributed by atoms with E-state index in [1.807, 2.05) is 20.8 Å². The first kappa shape index (κ1) is 17.9. The predicted molar refractivity (Wildman–Crippen MR) is 75.7 cm³/mol. The van der Waals surface area contributed by atoms with Gasteiger partial charge in [0, 0.05) is 38.6 Å². The lowest BCUT2D eigenvalue weighted by atomic mass is 9.96. The summed E-state index contributed by atoms with van der Waals surface area (Å²) >= 11 is 0. The van der Waals surface area contributed by atoms with Crippen molar-refractivity contribution in [1.29, 1.82) is 0 Å². The van der Waals surface area contributed by atoms with Crippen molar-refractivity contribution in [2.24, 2.45) is 5.41 Å². The van der Waals surface area contributed by atoms with Gasteiger partial charge in [0.15, 0.2) is 0 Å². The molecule has 19 heavy (non-hydrogen) atoms. The van der Waals surface area contributed by atoms with Crippen LogP contribution in [0.15, 0.2) is 0 Å². The fourth-order valence-electron chi connectivity index (χ4n) is 1.50. The Balaban J connectivity index is 3.76. The maximum absolute atomic E-state index is 11.8. The molecule has 0 rings (SSSR count). The van der Waals surface area contributed by atoms with Gasteiger partial charge in [-0.15, -0.1) is 0 Å². The molecule has 0 heterocycles. The van der Waals surface area contributed by atoms with Crippen molar-refractivity contribution in [2.45, 2.75) is 46.5 Å². The largest absolute Gasteiger partial charge is 0.396 e. The second-order valence-electron chi connectivity index (χ2n) is 5.86. The number of hydrogen-bond acceptors (Lipinski definition) is 3. The van der Waals surface area contributed by atoms with Gasteiger partial charge in [0.1, 0.15) is 0 Å². The molecule has 0 bridgehead atoms. The van der Waals surface area contributed by atoms with Gasteiger partial charge in [-0.3, -0.25) is 9.59 Å². The molecule has 2 amide bonds. The summed E-state index contributed by atoms with van der Waals surface area (Å²) < 4.78 is 0. The van der Waals surface area contributed by atoms with Crippen LogP contribution in [0.2, 0.25) is 0 Å². The molecule has 0 unspecified atom stereocenters. The SMILES string of the molecule is CN(CCCCCO)C(=O)CCNC(=O)C(C)(C)C. The molecule has 5 nitrogen and oxygen atoms in total. The Morgan fingerprint density at radius 3 is 2.32 bits per heavy atom. The first-order valence-electron chi connectivity index (χ1n) is 6.92. The summed E-state index contributed by atoms with van der Waals surface area (Å²) in [6.45, 7) is 6.82. The van der Waals surface area contributed by atoms with E-state index in [0.717, 1.165) is 19.3 Å². The second kappa shape index (κ2) is 8.91. The quantitative estimate of drug-likeness (QED) is 0.651. The number of carbonyl (C=O) groups excluding carboxylic acids is 2. The lowest BCUT2D eigenvalue weighted by molar-refractivity contribution is -0.130. The van der Waals surface area contributed by atoms with E-state index in [1.54, 1.807) is 11.9 Å². The molecule has 0 aromatic heterocycles. The van der Waals surface area contributed by atoms with E-state index < -0.39 is 5.41 Å². The fraction of sp³-hybridized carbons (Fsp3) is 0.857. The average Bonchev–Trinajstić information content (AvgIpc) is 2.32. The molecule has 0 aliphatic carbocycles. The Labute approximate surface area is 116 Å². The molecule has 0 spiro atoms. The molecule has 0 saturated carbocycles. The Bertz CT molecular complexity index is 285. The highest BCUT2D eigenvalue weighted by atomic mass is 16.3. The third-order valence-electron chi connectivity index (χ3n) is 2.88. The van der Waals surface area contributed by atoms with E-state index in [2.05, 4.69) is 5.32 Å². The van der Waals surface area contributed by atoms with Crippen LogP contribution in [-0.4, -0.2) is 48.6 Å². The van der Waals surface area contributed by atoms with Crippen molar-refractivity contribution in [3.05, 3.63) is 0 Å². The van der Waals surface area contributed by atoms with E-state index in [1.165, 1.54) is 0 Å². The van der Waals surface area contributed by atoms with Crippen LogP contribution >= 0.6 is 0 Å². The maximum Gasteiger partial charge on any atom is 0.225 e. The zero-order valence-corrected chi connectivity index (χ0v) is 12.7. The molecule has 0 aliphatic heterocycles. The summed E-state index contributed by atoms with van der Waals surface area (Å²) in [5, 5.41) is 11.4. The highest BCUT2D eigenvalue weighted by molar-refractivity contribution is 5.82. The number of carbonyl (C=O) groups is 2. The van der Waals surface area contributed by atoms with Crippen LogP contribution in [0.25, 0.3) is 0 Å². The molecular formula is C14H28N2O3. The molecule has 112 valence electrons. The molecule has 0 fully saturated rings. The summed E-state index contributed by atoms with van der Waals surface area (Å²) in [4.78, 5) is 25.0. The highest BCUT2D eigenvalue weighted by Crippen LogP contribution is 2.12. The van der Waals surface area contributed by atoms with E-state index in [4.69, 9.17) is 5.11 Å². The van der Waals surface area contributed by atoms with Crippen molar-refractivity contribution < 1.29 is 14.7 Å². The smallest absolute Gasteiger partial charge is 0.225 e. The first-order chi connectivity index (χ1) is 8.79. The van der Waals surface area contributed by atoms with Crippen molar-refractivity contribution >= 4 is 11.8 Å². The maximum atomic E-state index is 11.8. The van der Waals surface area contributed by atoms with Gasteiger partial charge >= 0.3 is 0 Å². The van der Waals surface area contributed by atoms with Crippen molar-refractivity contribution in [3.63, 3.8) is 0 Å². The zero-order valence-electron chi connectivity index (χ0n) is 12.7. The van der Waals surface area contributed by atoms with Gasteiger partial charge < -0.3 is 15.3 Å². The third-order valence-corrected chi connectivity index (χ3v) is 2.88. The normalized spacial score (nSPS) is 11.2.